The van der Waals surface area contributed by atoms with Crippen LogP contribution in [0.3, 0.4) is 0 Å². The predicted octanol–water partition coefficient (Wildman–Crippen LogP) is 3.04. The van der Waals surface area contributed by atoms with Gasteiger partial charge in [-0.05, 0) is 30.2 Å². The molecule has 0 radical (unpaired) electrons. The van der Waals surface area contributed by atoms with Crippen molar-refractivity contribution in [3.05, 3.63) is 36.4 Å². The van der Waals surface area contributed by atoms with Crippen LogP contribution in [-0.2, 0) is 29.4 Å². The average Bonchev–Trinajstić information content (AvgIpc) is 3.07. The van der Waals surface area contributed by atoms with E-state index >= 15 is 0 Å². The predicted molar refractivity (Wildman–Crippen MR) is 131 cm³/mol. The monoisotopic (exact) mass is 528 g/mol. The van der Waals surface area contributed by atoms with Crippen molar-refractivity contribution in [3.63, 3.8) is 0 Å². The molecule has 0 bridgehead atoms. The third kappa shape index (κ3) is 6.23. The van der Waals surface area contributed by atoms with Gasteiger partial charge in [0.15, 0.2) is 9.84 Å². The van der Waals surface area contributed by atoms with Gasteiger partial charge in [-0.2, -0.15) is 4.72 Å². The van der Waals surface area contributed by atoms with E-state index in [1.54, 1.807) is 38.1 Å². The second-order valence-electron chi connectivity index (χ2n) is 8.04. The van der Waals surface area contributed by atoms with E-state index < -0.39 is 43.9 Å². The van der Waals surface area contributed by atoms with Gasteiger partial charge in [-0.1, -0.05) is 26.0 Å². The minimum atomic E-state index is -4.06. The van der Waals surface area contributed by atoms with Crippen LogP contribution in [0.4, 0.5) is 10.5 Å². The highest BCUT2D eigenvalue weighted by atomic mass is 32.2. The second kappa shape index (κ2) is 9.86. The highest BCUT2D eigenvalue weighted by molar-refractivity contribution is 7.90. The van der Waals surface area contributed by atoms with E-state index in [2.05, 4.69) is 10.0 Å². The third-order valence-corrected chi connectivity index (χ3v) is 8.37. The van der Waals surface area contributed by atoms with Gasteiger partial charge in [-0.3, -0.25) is 10.1 Å². The zero-order valence-electron chi connectivity index (χ0n) is 18.6. The minimum Gasteiger partial charge on any atom is -0.480 e. The molecule has 0 saturated carbocycles. The Morgan fingerprint density at radius 2 is 1.65 bits per heavy atom. The normalized spacial score (nSPS) is 13.3. The maximum atomic E-state index is 12.8. The number of carboxylic acid groups (broad SMARTS) is 1. The lowest BCUT2D eigenvalue weighted by Crippen LogP contribution is -2.44. The van der Waals surface area contributed by atoms with Crippen LogP contribution < -0.4 is 10.0 Å². The lowest BCUT2D eigenvalue weighted by atomic mass is 10.1. The molecular weight excluding hydrogens is 504 g/mol. The number of hydrogen-bond donors (Lipinski definition) is 3. The van der Waals surface area contributed by atoms with Crippen LogP contribution in [0.2, 0.25) is 0 Å². The molecule has 0 aliphatic rings. The highest BCUT2D eigenvalue weighted by Gasteiger charge is 2.28. The number of nitrogens with one attached hydrogen (secondary N) is 2. The molecule has 1 heterocycles. The molecule has 0 saturated heterocycles. The Labute approximate surface area is 200 Å². The number of carboxylic acids is 1. The molecule has 184 valence electrons. The van der Waals surface area contributed by atoms with Gasteiger partial charge in [-0.25, -0.2) is 21.6 Å². The summed E-state index contributed by atoms with van der Waals surface area (Å²) in [4.78, 5) is 23.3. The smallest absolute Gasteiger partial charge is 0.411 e. The van der Waals surface area contributed by atoms with Crippen molar-refractivity contribution in [2.24, 2.45) is 5.92 Å². The van der Waals surface area contributed by atoms with Gasteiger partial charge in [-0.15, -0.1) is 11.3 Å². The molecule has 0 unspecified atom stereocenters. The van der Waals surface area contributed by atoms with E-state index in [4.69, 9.17) is 4.74 Å². The second-order valence-corrected chi connectivity index (χ2v) is 13.1. The van der Waals surface area contributed by atoms with Crippen molar-refractivity contribution >= 4 is 69.1 Å². The van der Waals surface area contributed by atoms with Gasteiger partial charge in [0.25, 0.3) is 0 Å². The first kappa shape index (κ1) is 25.9. The summed E-state index contributed by atoms with van der Waals surface area (Å²) in [5, 5.41) is 13.5. The molecule has 13 heteroatoms. The standard InChI is InChI=1S/C21H24N2O8S3/c1-12(2)19(20(24)25)23-34(29,30)14-5-7-16-15-6-4-13(10-17(15)32-18(16)11-14)22-21(26)31-8-9-33(3,27)28/h4-7,10-12,19,23H,8-9H2,1-3H3,(H,22,26)(H,24,25)/t19-/m1/s1. The summed E-state index contributed by atoms with van der Waals surface area (Å²) >= 11 is 1.31. The number of sulfone groups is 1. The number of amides is 1. The summed E-state index contributed by atoms with van der Waals surface area (Å²) < 4.78 is 56.3. The van der Waals surface area contributed by atoms with E-state index in [0.29, 0.717) is 10.4 Å². The van der Waals surface area contributed by atoms with Gasteiger partial charge in [0.05, 0.1) is 10.6 Å². The molecule has 3 N–H and O–H groups in total. The molecule has 10 nitrogen and oxygen atoms in total. The molecule has 0 spiro atoms. The number of sulfonamides is 1. The Morgan fingerprint density at radius 3 is 2.24 bits per heavy atom. The molecule has 34 heavy (non-hydrogen) atoms. The Morgan fingerprint density at radius 1 is 1.03 bits per heavy atom. The van der Waals surface area contributed by atoms with Crippen molar-refractivity contribution in [3.8, 4) is 0 Å². The minimum absolute atomic E-state index is 0.0498. The van der Waals surface area contributed by atoms with Gasteiger partial charge >= 0.3 is 12.1 Å². The highest BCUT2D eigenvalue weighted by Crippen LogP contribution is 2.36. The Kier molecular flexibility index (Phi) is 7.50. The van der Waals surface area contributed by atoms with Crippen molar-refractivity contribution in [1.29, 1.82) is 0 Å². The number of fused-ring (bicyclic) bond motifs is 3. The number of carbonyl (C=O) groups is 2. The lowest BCUT2D eigenvalue weighted by Gasteiger charge is -2.18. The molecule has 1 aromatic heterocycles. The Bertz CT molecular complexity index is 1460. The summed E-state index contributed by atoms with van der Waals surface area (Å²) in [6.45, 7) is 2.97. The van der Waals surface area contributed by atoms with Crippen molar-refractivity contribution in [2.75, 3.05) is 23.9 Å². The number of benzene rings is 2. The van der Waals surface area contributed by atoms with Gasteiger partial charge in [0, 0.05) is 32.1 Å². The van der Waals surface area contributed by atoms with E-state index in [0.717, 1.165) is 21.7 Å². The van der Waals surface area contributed by atoms with Crippen LogP contribution >= 0.6 is 11.3 Å². The van der Waals surface area contributed by atoms with Gasteiger partial charge < -0.3 is 9.84 Å². The first-order chi connectivity index (χ1) is 15.8. The molecule has 0 aliphatic carbocycles. The Balaban J connectivity index is 1.83. The number of ether oxygens (including phenoxy) is 1. The fourth-order valence-corrected chi connectivity index (χ4v) is 6.16. The van der Waals surface area contributed by atoms with Crippen molar-refractivity contribution < 1.29 is 36.3 Å². The summed E-state index contributed by atoms with van der Waals surface area (Å²) in [5.74, 6) is -1.97. The zero-order chi connectivity index (χ0) is 25.3. The van der Waals surface area contributed by atoms with Crippen LogP contribution in [0.1, 0.15) is 13.8 Å². The molecule has 3 aromatic rings. The molecular formula is C21H24N2O8S3. The van der Waals surface area contributed by atoms with Crippen LogP contribution in [0.5, 0.6) is 0 Å². The summed E-state index contributed by atoms with van der Waals surface area (Å²) in [5.41, 5.74) is 0.430. The van der Waals surface area contributed by atoms with Gasteiger partial charge in [0.2, 0.25) is 10.0 Å². The number of aliphatic carboxylic acids is 1. The maximum absolute atomic E-state index is 12.8. The fourth-order valence-electron chi connectivity index (χ4n) is 3.15. The Hall–Kier alpha value is -2.74. The summed E-state index contributed by atoms with van der Waals surface area (Å²) in [6, 6.07) is 8.41. The third-order valence-electron chi connectivity index (χ3n) is 4.90. The van der Waals surface area contributed by atoms with Crippen LogP contribution in [0.25, 0.3) is 20.2 Å². The summed E-state index contributed by atoms with van der Waals surface area (Å²) in [7, 11) is -7.31. The van der Waals surface area contributed by atoms with E-state index in [9.17, 15) is 31.5 Å². The molecule has 1 atom stereocenters. The SMILES string of the molecule is CC(C)[C@@H](NS(=O)(=O)c1ccc2c(c1)sc1cc(NC(=O)OCCS(C)(=O)=O)ccc12)C(=O)O. The van der Waals surface area contributed by atoms with Crippen LogP contribution in [0.15, 0.2) is 41.3 Å². The summed E-state index contributed by atoms with van der Waals surface area (Å²) in [6.07, 6.45) is 0.257. The largest absolute Gasteiger partial charge is 0.480 e. The number of thiophene rings is 1. The van der Waals surface area contributed by atoms with E-state index in [-0.39, 0.29) is 17.3 Å². The molecule has 3 rings (SSSR count). The topological polar surface area (TPSA) is 156 Å². The van der Waals surface area contributed by atoms with Crippen LogP contribution in [0, 0.1) is 5.92 Å². The quantitative estimate of drug-likeness (QED) is 0.383. The van der Waals surface area contributed by atoms with Crippen LogP contribution in [-0.4, -0.2) is 58.7 Å². The first-order valence-corrected chi connectivity index (χ1v) is 14.5. The molecule has 1 amide bonds. The number of carbonyl (C=O) groups excluding carboxylic acids is 1. The molecule has 0 aliphatic heterocycles. The number of anilines is 1. The molecule has 0 fully saturated rings. The van der Waals surface area contributed by atoms with Crippen molar-refractivity contribution in [2.45, 2.75) is 24.8 Å². The van der Waals surface area contributed by atoms with Gasteiger partial charge in [0.1, 0.15) is 12.6 Å². The fraction of sp³-hybridized carbons (Fsp3) is 0.333. The lowest BCUT2D eigenvalue weighted by molar-refractivity contribution is -0.140. The zero-order valence-corrected chi connectivity index (χ0v) is 21.0. The first-order valence-electron chi connectivity index (χ1n) is 10.1. The van der Waals surface area contributed by atoms with E-state index in [1.807, 2.05) is 0 Å². The maximum Gasteiger partial charge on any atom is 0.411 e. The average molecular weight is 529 g/mol. The molecule has 2 aromatic carbocycles. The van der Waals surface area contributed by atoms with E-state index in [1.165, 1.54) is 23.5 Å². The number of rotatable bonds is 9. The van der Waals surface area contributed by atoms with Crippen molar-refractivity contribution in [1.82, 2.24) is 4.72 Å². The number of hydrogen-bond acceptors (Lipinski definition) is 8.